The van der Waals surface area contributed by atoms with Gasteiger partial charge in [-0.15, -0.1) is 0 Å². The molecule has 0 aromatic rings. The Bertz CT molecular complexity index is 425. The van der Waals surface area contributed by atoms with E-state index in [4.69, 9.17) is 5.11 Å². The smallest absolute Gasteiger partial charge is 0.161 e. The minimum Gasteiger partial charge on any atom is -0.392 e. The largest absolute Gasteiger partial charge is 0.392 e. The molecule has 0 unspecified atom stereocenters. The Morgan fingerprint density at radius 3 is 2.67 bits per heavy atom. The number of rotatable bonds is 3. The molecule has 3 heteroatoms. The molecule has 0 radical (unpaired) electrons. The molecule has 1 rings (SSSR count). The van der Waals surface area contributed by atoms with Crippen LogP contribution in [-0.4, -0.2) is 28.7 Å². The lowest BCUT2D eigenvalue weighted by atomic mass is 9.70. The maximum atomic E-state index is 11.8. The van der Waals surface area contributed by atoms with Gasteiger partial charge in [-0.25, -0.2) is 0 Å². The minimum absolute atomic E-state index is 0.000842. The van der Waals surface area contributed by atoms with Crippen molar-refractivity contribution in [2.45, 2.75) is 40.2 Å². The van der Waals surface area contributed by atoms with Gasteiger partial charge >= 0.3 is 0 Å². The van der Waals surface area contributed by atoms with Gasteiger partial charge in [0.2, 0.25) is 0 Å². The van der Waals surface area contributed by atoms with Gasteiger partial charge < -0.3 is 10.2 Å². The van der Waals surface area contributed by atoms with E-state index < -0.39 is 11.5 Å². The molecule has 1 aliphatic rings. The normalized spacial score (nSPS) is 25.1. The minimum atomic E-state index is -0.643. The van der Waals surface area contributed by atoms with Gasteiger partial charge in [0.1, 0.15) is 0 Å². The molecule has 0 aromatic heterocycles. The molecule has 3 nitrogen and oxygen atoms in total. The quantitative estimate of drug-likeness (QED) is 0.755. The van der Waals surface area contributed by atoms with Crippen LogP contribution >= 0.6 is 0 Å². The molecule has 100 valence electrons. The fourth-order valence-electron chi connectivity index (χ4n) is 2.16. The summed E-state index contributed by atoms with van der Waals surface area (Å²) in [4.78, 5) is 11.8. The second kappa shape index (κ2) is 5.63. The maximum absolute atomic E-state index is 11.8. The van der Waals surface area contributed by atoms with Crippen molar-refractivity contribution in [3.63, 3.8) is 0 Å². The molecule has 1 aliphatic carbocycles. The third kappa shape index (κ3) is 2.98. The van der Waals surface area contributed by atoms with Crippen LogP contribution in [0, 0.1) is 5.41 Å². The van der Waals surface area contributed by atoms with E-state index in [2.05, 4.69) is 0 Å². The predicted molar refractivity (Wildman–Crippen MR) is 72.1 cm³/mol. The topological polar surface area (TPSA) is 57.5 Å². The number of carbonyl (C=O) groups is 1. The lowest BCUT2D eigenvalue weighted by Crippen LogP contribution is -2.38. The molecule has 18 heavy (non-hydrogen) atoms. The molecule has 0 aliphatic heterocycles. The van der Waals surface area contributed by atoms with E-state index in [1.54, 1.807) is 13.0 Å². The lowest BCUT2D eigenvalue weighted by Gasteiger charge is -2.36. The Balaban J connectivity index is 3.13. The highest BCUT2D eigenvalue weighted by atomic mass is 16.3. The molecular weight excluding hydrogens is 228 g/mol. The molecular formula is C15H22O3. The molecule has 0 spiro atoms. The number of hydrogen-bond acceptors (Lipinski definition) is 3. The van der Waals surface area contributed by atoms with Crippen molar-refractivity contribution in [3.05, 3.63) is 34.9 Å². The summed E-state index contributed by atoms with van der Waals surface area (Å²) in [6, 6.07) is 0. The van der Waals surface area contributed by atoms with E-state index in [0.717, 1.165) is 16.7 Å². The van der Waals surface area contributed by atoms with Crippen LogP contribution in [0.1, 0.15) is 34.1 Å². The van der Waals surface area contributed by atoms with E-state index in [1.807, 2.05) is 32.9 Å². The zero-order chi connectivity index (χ0) is 13.9. The average Bonchev–Trinajstić information content (AvgIpc) is 2.27. The summed E-state index contributed by atoms with van der Waals surface area (Å²) < 4.78 is 0. The van der Waals surface area contributed by atoms with Gasteiger partial charge in [0.15, 0.2) is 5.78 Å². The van der Waals surface area contributed by atoms with E-state index >= 15 is 0 Å². The standard InChI is InChI=1S/C15H22O3/c1-10(7-8-16)5-6-12-11(2)13(17)9-14(18)15(12,3)4/h5-7,14,16,18H,8-9H2,1-4H3/b6-5+,10-7+/t14-/m0/s1. The number of hydrogen-bond donors (Lipinski definition) is 2. The van der Waals surface area contributed by atoms with Crippen molar-refractivity contribution < 1.29 is 15.0 Å². The van der Waals surface area contributed by atoms with Gasteiger partial charge in [-0.1, -0.05) is 37.6 Å². The highest BCUT2D eigenvalue weighted by molar-refractivity contribution is 5.97. The summed E-state index contributed by atoms with van der Waals surface area (Å²) in [5.74, 6) is 0.00488. The van der Waals surface area contributed by atoms with Crippen LogP contribution in [-0.2, 0) is 4.79 Å². The molecule has 1 atom stereocenters. The zero-order valence-electron chi connectivity index (χ0n) is 11.5. The zero-order valence-corrected chi connectivity index (χ0v) is 11.5. The molecule has 0 saturated heterocycles. The third-order valence-corrected chi connectivity index (χ3v) is 3.65. The van der Waals surface area contributed by atoms with Gasteiger partial charge in [0.25, 0.3) is 0 Å². The van der Waals surface area contributed by atoms with E-state index in [0.29, 0.717) is 0 Å². The van der Waals surface area contributed by atoms with Crippen molar-refractivity contribution in [3.8, 4) is 0 Å². The number of Topliss-reactive ketones (excluding diaryl/α,β-unsaturated/α-hetero) is 1. The Kier molecular flexibility index (Phi) is 4.65. The molecule has 0 amide bonds. The van der Waals surface area contributed by atoms with Crippen LogP contribution in [0.2, 0.25) is 0 Å². The second-order valence-electron chi connectivity index (χ2n) is 5.37. The van der Waals surface area contributed by atoms with Gasteiger partial charge in [-0.3, -0.25) is 4.79 Å². The van der Waals surface area contributed by atoms with Crippen molar-refractivity contribution in [2.75, 3.05) is 6.61 Å². The summed E-state index contributed by atoms with van der Waals surface area (Å²) in [5, 5.41) is 18.8. The lowest BCUT2D eigenvalue weighted by molar-refractivity contribution is -0.120. The maximum Gasteiger partial charge on any atom is 0.161 e. The van der Waals surface area contributed by atoms with Crippen LogP contribution < -0.4 is 0 Å². The van der Waals surface area contributed by atoms with Crippen molar-refractivity contribution in [2.24, 2.45) is 5.41 Å². The summed E-state index contributed by atoms with van der Waals surface area (Å²) in [5.41, 5.74) is 2.10. The molecule has 0 bridgehead atoms. The van der Waals surface area contributed by atoms with Crippen LogP contribution in [0.3, 0.4) is 0 Å². The third-order valence-electron chi connectivity index (χ3n) is 3.65. The molecule has 0 heterocycles. The first-order valence-corrected chi connectivity index (χ1v) is 6.19. The monoisotopic (exact) mass is 250 g/mol. The fourth-order valence-corrected chi connectivity index (χ4v) is 2.16. The Hall–Kier alpha value is -1.19. The fraction of sp³-hybridized carbons (Fsp3) is 0.533. The van der Waals surface area contributed by atoms with Crippen molar-refractivity contribution in [1.82, 2.24) is 0 Å². The first-order valence-electron chi connectivity index (χ1n) is 6.19. The van der Waals surface area contributed by atoms with Crippen LogP contribution in [0.15, 0.2) is 34.9 Å². The van der Waals surface area contributed by atoms with Gasteiger partial charge in [-0.2, -0.15) is 0 Å². The summed E-state index contributed by atoms with van der Waals surface area (Å²) in [6.07, 6.45) is 4.98. The average molecular weight is 250 g/mol. The number of allylic oxidation sites excluding steroid dienone is 4. The number of aliphatic hydroxyl groups excluding tert-OH is 2. The highest BCUT2D eigenvalue weighted by Gasteiger charge is 2.38. The summed E-state index contributed by atoms with van der Waals surface area (Å²) >= 11 is 0. The van der Waals surface area contributed by atoms with Crippen LogP contribution in [0.4, 0.5) is 0 Å². The molecule has 0 fully saturated rings. The van der Waals surface area contributed by atoms with Crippen molar-refractivity contribution in [1.29, 1.82) is 0 Å². The number of carbonyl (C=O) groups excluding carboxylic acids is 1. The first kappa shape index (κ1) is 14.9. The highest BCUT2D eigenvalue weighted by Crippen LogP contribution is 2.39. The number of ketones is 1. The van der Waals surface area contributed by atoms with Crippen LogP contribution in [0.25, 0.3) is 0 Å². The first-order chi connectivity index (χ1) is 8.30. The summed E-state index contributed by atoms with van der Waals surface area (Å²) in [6.45, 7) is 7.58. The Morgan fingerprint density at radius 1 is 1.50 bits per heavy atom. The Morgan fingerprint density at radius 2 is 2.11 bits per heavy atom. The van der Waals surface area contributed by atoms with Crippen molar-refractivity contribution >= 4 is 5.78 Å². The Labute approximate surface area is 109 Å². The van der Waals surface area contributed by atoms with E-state index in [-0.39, 0.29) is 18.8 Å². The SMILES string of the molecule is CC1=C(/C=C/C(C)=C/CO)C(C)(C)[C@@H](O)CC1=O. The van der Waals surface area contributed by atoms with Gasteiger partial charge in [-0.05, 0) is 25.0 Å². The molecule has 2 N–H and O–H groups in total. The van der Waals surface area contributed by atoms with Gasteiger partial charge in [0.05, 0.1) is 12.7 Å². The van der Waals surface area contributed by atoms with E-state index in [9.17, 15) is 9.90 Å². The van der Waals surface area contributed by atoms with Crippen LogP contribution in [0.5, 0.6) is 0 Å². The molecule has 0 saturated carbocycles. The summed E-state index contributed by atoms with van der Waals surface area (Å²) in [7, 11) is 0. The van der Waals surface area contributed by atoms with E-state index in [1.165, 1.54) is 0 Å². The predicted octanol–water partition coefficient (Wildman–Crippen LogP) is 2.16. The second-order valence-corrected chi connectivity index (χ2v) is 5.37. The molecule has 0 aromatic carbocycles. The number of aliphatic hydroxyl groups is 2. The van der Waals surface area contributed by atoms with Gasteiger partial charge in [0, 0.05) is 11.8 Å².